The Morgan fingerprint density at radius 1 is 0.172 bits per heavy atom. The first-order valence-corrected chi connectivity index (χ1v) is 19.9. The van der Waals surface area contributed by atoms with Gasteiger partial charge in [-0.2, -0.15) is 0 Å². The van der Waals surface area contributed by atoms with Crippen molar-refractivity contribution in [1.29, 1.82) is 0 Å². The molecule has 0 N–H and O–H groups in total. The predicted molar refractivity (Wildman–Crippen MR) is 244 cm³/mol. The number of benzene rings is 9. The minimum Gasteiger partial charge on any atom is -0.309 e. The number of fused-ring (bicyclic) bond motifs is 12. The Labute approximate surface area is 333 Å². The van der Waals surface area contributed by atoms with Crippen LogP contribution in [0.25, 0.3) is 110 Å². The van der Waals surface area contributed by atoms with E-state index in [2.05, 4.69) is 225 Å². The van der Waals surface area contributed by atoms with Gasteiger partial charge in [-0.05, 0) is 97.1 Å². The predicted octanol–water partition coefficient (Wildman–Crippen LogP) is 14.1. The average molecular weight is 739 g/mol. The average Bonchev–Trinajstić information content (AvgIpc) is 4.01. The molecule has 0 spiro atoms. The molecule has 4 aromatic heterocycles. The van der Waals surface area contributed by atoms with Crippen molar-refractivity contribution in [2.24, 2.45) is 0 Å². The molecule has 4 nitrogen and oxygen atoms in total. The van der Waals surface area contributed by atoms with Gasteiger partial charge in [0.2, 0.25) is 0 Å². The molecule has 0 radical (unpaired) electrons. The summed E-state index contributed by atoms with van der Waals surface area (Å²) in [6.07, 6.45) is 0. The lowest BCUT2D eigenvalue weighted by molar-refractivity contribution is 1.16. The molecule has 0 amide bonds. The van der Waals surface area contributed by atoms with Gasteiger partial charge in [-0.1, -0.05) is 109 Å². The molecule has 58 heavy (non-hydrogen) atoms. The summed E-state index contributed by atoms with van der Waals surface area (Å²) in [5.41, 5.74) is 14.2. The summed E-state index contributed by atoms with van der Waals surface area (Å²) < 4.78 is 9.67. The Bertz CT molecular complexity index is 3740. The van der Waals surface area contributed by atoms with Crippen LogP contribution in [0.3, 0.4) is 0 Å². The third kappa shape index (κ3) is 4.29. The number of para-hydroxylation sites is 6. The largest absolute Gasteiger partial charge is 0.309 e. The van der Waals surface area contributed by atoms with Crippen LogP contribution in [-0.2, 0) is 0 Å². The molecule has 0 saturated carbocycles. The lowest BCUT2D eigenvalue weighted by atomic mass is 10.1. The van der Waals surface area contributed by atoms with E-state index in [1.165, 1.54) is 92.9 Å². The molecule has 13 aromatic rings. The maximum Gasteiger partial charge on any atom is 0.0542 e. The molecule has 4 heteroatoms. The summed E-state index contributed by atoms with van der Waals surface area (Å²) in [7, 11) is 0. The number of rotatable bonds is 4. The van der Waals surface area contributed by atoms with Crippen molar-refractivity contribution < 1.29 is 0 Å². The molecule has 0 atom stereocenters. The van der Waals surface area contributed by atoms with Crippen molar-refractivity contribution in [1.82, 2.24) is 18.3 Å². The second-order valence-electron chi connectivity index (χ2n) is 15.4. The van der Waals surface area contributed by atoms with E-state index in [1.54, 1.807) is 0 Å². The first-order chi connectivity index (χ1) is 28.8. The van der Waals surface area contributed by atoms with Crippen LogP contribution in [0.2, 0.25) is 0 Å². The van der Waals surface area contributed by atoms with Crippen LogP contribution < -0.4 is 0 Å². The van der Waals surface area contributed by atoms with E-state index in [4.69, 9.17) is 0 Å². The molecule has 9 aromatic carbocycles. The van der Waals surface area contributed by atoms with Crippen LogP contribution >= 0.6 is 0 Å². The van der Waals surface area contributed by atoms with Crippen molar-refractivity contribution >= 4 is 87.2 Å². The second kappa shape index (κ2) is 11.8. The van der Waals surface area contributed by atoms with Gasteiger partial charge in [-0.3, -0.25) is 0 Å². The Kier molecular flexibility index (Phi) is 6.41. The fourth-order valence-corrected chi connectivity index (χ4v) is 9.91. The van der Waals surface area contributed by atoms with E-state index in [0.29, 0.717) is 0 Å². The maximum atomic E-state index is 2.44. The van der Waals surface area contributed by atoms with Gasteiger partial charge in [0.05, 0.1) is 44.1 Å². The number of hydrogen-bond acceptors (Lipinski definition) is 0. The van der Waals surface area contributed by atoms with E-state index in [0.717, 1.165) is 17.1 Å². The summed E-state index contributed by atoms with van der Waals surface area (Å²) >= 11 is 0. The van der Waals surface area contributed by atoms with Crippen LogP contribution in [-0.4, -0.2) is 18.3 Å². The van der Waals surface area contributed by atoms with E-state index in [-0.39, 0.29) is 0 Å². The molecule has 0 bridgehead atoms. The molecule has 0 aliphatic rings. The van der Waals surface area contributed by atoms with E-state index in [9.17, 15) is 0 Å². The Morgan fingerprint density at radius 2 is 0.414 bits per heavy atom. The Morgan fingerprint density at radius 3 is 0.741 bits per heavy atom. The molecule has 0 unspecified atom stereocenters. The highest BCUT2D eigenvalue weighted by atomic mass is 15.0. The molecular weight excluding hydrogens is 705 g/mol. The lowest BCUT2D eigenvalue weighted by Gasteiger charge is -2.12. The molecular formula is C54H34N4. The van der Waals surface area contributed by atoms with Crippen molar-refractivity contribution in [3.8, 4) is 22.7 Å². The normalized spacial score (nSPS) is 12.1. The van der Waals surface area contributed by atoms with Gasteiger partial charge in [0, 0.05) is 65.8 Å². The first kappa shape index (κ1) is 31.4. The maximum absolute atomic E-state index is 2.44. The van der Waals surface area contributed by atoms with Crippen LogP contribution in [0.5, 0.6) is 0 Å². The topological polar surface area (TPSA) is 19.7 Å². The summed E-state index contributed by atoms with van der Waals surface area (Å²) in [5, 5.41) is 9.97. The zero-order valence-electron chi connectivity index (χ0n) is 31.4. The fraction of sp³-hybridized carbons (Fsp3) is 0. The Balaban J connectivity index is 1.01. The van der Waals surface area contributed by atoms with Crippen LogP contribution in [0, 0.1) is 0 Å². The molecule has 0 saturated heterocycles. The van der Waals surface area contributed by atoms with Gasteiger partial charge in [-0.15, -0.1) is 0 Å². The van der Waals surface area contributed by atoms with Crippen LogP contribution in [0.4, 0.5) is 0 Å². The smallest absolute Gasteiger partial charge is 0.0542 e. The van der Waals surface area contributed by atoms with E-state index < -0.39 is 0 Å². The summed E-state index contributed by atoms with van der Waals surface area (Å²) in [6.45, 7) is 0. The fourth-order valence-electron chi connectivity index (χ4n) is 9.91. The van der Waals surface area contributed by atoms with Crippen molar-refractivity contribution in [3.05, 3.63) is 206 Å². The SMILES string of the molecule is c1ccc(-n2c3ccccc3c3cc(-n4c5ccccc5c5cc(-n6c7ccccc7c7cc(-n8c9ccccc9c9ccccc98)ccc76)ccc54)ccc32)cc1. The van der Waals surface area contributed by atoms with Crippen LogP contribution in [0.15, 0.2) is 206 Å². The highest BCUT2D eigenvalue weighted by Crippen LogP contribution is 2.40. The highest BCUT2D eigenvalue weighted by molar-refractivity contribution is 6.15. The zero-order chi connectivity index (χ0) is 37.9. The molecule has 0 aliphatic carbocycles. The number of aromatic nitrogens is 4. The third-order valence-electron chi connectivity index (χ3n) is 12.3. The van der Waals surface area contributed by atoms with Crippen molar-refractivity contribution in [2.75, 3.05) is 0 Å². The van der Waals surface area contributed by atoms with Gasteiger partial charge in [0.15, 0.2) is 0 Å². The van der Waals surface area contributed by atoms with Gasteiger partial charge in [0.25, 0.3) is 0 Å². The molecule has 13 rings (SSSR count). The monoisotopic (exact) mass is 738 g/mol. The quantitative estimate of drug-likeness (QED) is 0.171. The third-order valence-corrected chi connectivity index (χ3v) is 12.3. The lowest BCUT2D eigenvalue weighted by Crippen LogP contribution is -1.97. The highest BCUT2D eigenvalue weighted by Gasteiger charge is 2.20. The zero-order valence-corrected chi connectivity index (χ0v) is 31.4. The van der Waals surface area contributed by atoms with Crippen LogP contribution in [0.1, 0.15) is 0 Å². The summed E-state index contributed by atoms with van der Waals surface area (Å²) in [6, 6.07) is 75.5. The second-order valence-corrected chi connectivity index (χ2v) is 15.4. The van der Waals surface area contributed by atoms with Gasteiger partial charge >= 0.3 is 0 Å². The molecule has 4 heterocycles. The Hall–Kier alpha value is -7.82. The first-order valence-electron chi connectivity index (χ1n) is 19.9. The summed E-state index contributed by atoms with van der Waals surface area (Å²) in [5.74, 6) is 0. The van der Waals surface area contributed by atoms with Gasteiger partial charge < -0.3 is 18.3 Å². The van der Waals surface area contributed by atoms with Gasteiger partial charge in [0.1, 0.15) is 0 Å². The standard InChI is InChI=1S/C54H34N4/c1-2-14-35(15-3-1)55-49-23-11-6-18-41(49)44-33-37(26-29-52(44)55)57-51-25-13-8-20-43(51)46-34-38(28-31-54(46)57)58-50-24-12-7-19-42(50)45-32-36(27-30-53(45)58)56-47-21-9-4-16-39(47)40-17-5-10-22-48(40)56/h1-34H. The van der Waals surface area contributed by atoms with Gasteiger partial charge in [-0.25, -0.2) is 0 Å². The van der Waals surface area contributed by atoms with E-state index in [1.807, 2.05) is 0 Å². The number of nitrogens with zero attached hydrogens (tertiary/aromatic N) is 4. The molecule has 0 fully saturated rings. The van der Waals surface area contributed by atoms with Crippen molar-refractivity contribution in [3.63, 3.8) is 0 Å². The van der Waals surface area contributed by atoms with Crippen molar-refractivity contribution in [2.45, 2.75) is 0 Å². The van der Waals surface area contributed by atoms with E-state index >= 15 is 0 Å². The number of hydrogen-bond donors (Lipinski definition) is 0. The molecule has 0 aliphatic heterocycles. The molecule has 270 valence electrons. The minimum atomic E-state index is 1.15. The summed E-state index contributed by atoms with van der Waals surface area (Å²) in [4.78, 5) is 0. The minimum absolute atomic E-state index is 1.15.